The molecule has 0 spiro atoms. The zero-order valence-corrected chi connectivity index (χ0v) is 11.4. The molecule has 1 saturated heterocycles. The van der Waals surface area contributed by atoms with Crippen molar-refractivity contribution in [2.24, 2.45) is 0 Å². The summed E-state index contributed by atoms with van der Waals surface area (Å²) in [5.74, 6) is -0.887. The molecule has 1 N–H and O–H groups in total. The fraction of sp³-hybridized carbons (Fsp3) is 0.429. The SMILES string of the molecule is Cc1ccc(N2C(=O)N(C)CC2CC(=O)O)cc1C. The van der Waals surface area contributed by atoms with Crippen molar-refractivity contribution < 1.29 is 14.7 Å². The minimum atomic E-state index is -0.887. The number of anilines is 1. The normalized spacial score (nSPS) is 19.1. The van der Waals surface area contributed by atoms with Crippen LogP contribution in [0.3, 0.4) is 0 Å². The van der Waals surface area contributed by atoms with E-state index in [4.69, 9.17) is 5.11 Å². The molecule has 1 aliphatic rings. The molecule has 0 saturated carbocycles. The van der Waals surface area contributed by atoms with E-state index in [1.807, 2.05) is 32.0 Å². The molecule has 19 heavy (non-hydrogen) atoms. The first-order chi connectivity index (χ1) is 8.90. The number of carboxylic acid groups (broad SMARTS) is 1. The van der Waals surface area contributed by atoms with Crippen LogP contribution in [0.1, 0.15) is 17.5 Å². The molecule has 5 nitrogen and oxygen atoms in total. The third-order valence-corrected chi connectivity index (χ3v) is 3.56. The smallest absolute Gasteiger partial charge is 0.324 e. The van der Waals surface area contributed by atoms with Crippen molar-refractivity contribution >= 4 is 17.7 Å². The van der Waals surface area contributed by atoms with Gasteiger partial charge < -0.3 is 10.0 Å². The molecule has 1 aliphatic heterocycles. The second-order valence-electron chi connectivity index (χ2n) is 5.05. The number of aryl methyl sites for hydroxylation is 2. The van der Waals surface area contributed by atoms with Crippen molar-refractivity contribution in [2.45, 2.75) is 26.3 Å². The van der Waals surface area contributed by atoms with Crippen LogP contribution < -0.4 is 4.90 Å². The topological polar surface area (TPSA) is 60.9 Å². The van der Waals surface area contributed by atoms with Crippen LogP contribution in [0.25, 0.3) is 0 Å². The number of urea groups is 1. The van der Waals surface area contributed by atoms with E-state index in [0.29, 0.717) is 6.54 Å². The lowest BCUT2D eigenvalue weighted by molar-refractivity contribution is -0.137. The molecule has 1 atom stereocenters. The summed E-state index contributed by atoms with van der Waals surface area (Å²) in [6, 6.07) is 5.30. The molecule has 1 aromatic rings. The van der Waals surface area contributed by atoms with E-state index in [0.717, 1.165) is 16.8 Å². The molecule has 1 aromatic carbocycles. The number of carbonyl (C=O) groups is 2. The summed E-state index contributed by atoms with van der Waals surface area (Å²) in [5.41, 5.74) is 3.01. The Kier molecular flexibility index (Phi) is 3.46. The molecular weight excluding hydrogens is 244 g/mol. The molecule has 0 bridgehead atoms. The molecule has 2 rings (SSSR count). The standard InChI is InChI=1S/C14H18N2O3/c1-9-4-5-11(6-10(9)2)16-12(7-13(17)18)8-15(3)14(16)19/h4-6,12H,7-8H2,1-3H3,(H,17,18). The Labute approximate surface area is 112 Å². The summed E-state index contributed by atoms with van der Waals surface area (Å²) in [5, 5.41) is 8.95. The lowest BCUT2D eigenvalue weighted by Gasteiger charge is -2.22. The number of benzene rings is 1. The third-order valence-electron chi connectivity index (χ3n) is 3.56. The third kappa shape index (κ3) is 2.54. The van der Waals surface area contributed by atoms with Gasteiger partial charge in [-0.3, -0.25) is 9.69 Å². The van der Waals surface area contributed by atoms with Crippen LogP contribution in [0.2, 0.25) is 0 Å². The van der Waals surface area contributed by atoms with Gasteiger partial charge in [-0.05, 0) is 37.1 Å². The van der Waals surface area contributed by atoms with E-state index in [1.165, 1.54) is 0 Å². The van der Waals surface area contributed by atoms with Crippen LogP contribution >= 0.6 is 0 Å². The summed E-state index contributed by atoms with van der Waals surface area (Å²) in [4.78, 5) is 26.2. The van der Waals surface area contributed by atoms with Crippen LogP contribution in [0, 0.1) is 13.8 Å². The van der Waals surface area contributed by atoms with Crippen LogP contribution in [-0.4, -0.2) is 41.6 Å². The number of nitrogens with zero attached hydrogens (tertiary/aromatic N) is 2. The molecule has 1 heterocycles. The van der Waals surface area contributed by atoms with Crippen LogP contribution in [0.15, 0.2) is 18.2 Å². The van der Waals surface area contributed by atoms with Gasteiger partial charge >= 0.3 is 12.0 Å². The van der Waals surface area contributed by atoms with Gasteiger partial charge in [0.25, 0.3) is 0 Å². The number of aliphatic carboxylic acids is 1. The molecule has 1 fully saturated rings. The van der Waals surface area contributed by atoms with E-state index >= 15 is 0 Å². The molecule has 2 amide bonds. The van der Waals surface area contributed by atoms with Crippen molar-refractivity contribution in [3.63, 3.8) is 0 Å². The highest BCUT2D eigenvalue weighted by Gasteiger charge is 2.37. The maximum absolute atomic E-state index is 12.2. The number of hydrogen-bond acceptors (Lipinski definition) is 2. The quantitative estimate of drug-likeness (QED) is 0.906. The lowest BCUT2D eigenvalue weighted by Crippen LogP contribution is -2.35. The fourth-order valence-electron chi connectivity index (χ4n) is 2.37. The first-order valence-corrected chi connectivity index (χ1v) is 6.23. The Balaban J connectivity index is 2.35. The average Bonchev–Trinajstić information content (AvgIpc) is 2.58. The first kappa shape index (κ1) is 13.4. The zero-order chi connectivity index (χ0) is 14.2. The molecule has 5 heteroatoms. The number of likely N-dealkylation sites (N-methyl/N-ethyl adjacent to an activating group) is 1. The number of rotatable bonds is 3. The number of hydrogen-bond donors (Lipinski definition) is 1. The summed E-state index contributed by atoms with van der Waals surface area (Å²) in [7, 11) is 1.69. The Morgan fingerprint density at radius 1 is 1.37 bits per heavy atom. The van der Waals surface area contributed by atoms with Crippen LogP contribution in [0.5, 0.6) is 0 Å². The zero-order valence-electron chi connectivity index (χ0n) is 11.4. The summed E-state index contributed by atoms with van der Waals surface area (Å²) in [6.07, 6.45) is -0.0387. The maximum Gasteiger partial charge on any atom is 0.324 e. The second-order valence-corrected chi connectivity index (χ2v) is 5.05. The van der Waals surface area contributed by atoms with Gasteiger partial charge in [0.2, 0.25) is 0 Å². The van der Waals surface area contributed by atoms with Gasteiger partial charge in [0.05, 0.1) is 12.5 Å². The van der Waals surface area contributed by atoms with Gasteiger partial charge in [0.15, 0.2) is 0 Å². The molecule has 102 valence electrons. The van der Waals surface area contributed by atoms with Crippen molar-refractivity contribution in [2.75, 3.05) is 18.5 Å². The average molecular weight is 262 g/mol. The van der Waals surface area contributed by atoms with Gasteiger partial charge in [-0.25, -0.2) is 4.79 Å². The van der Waals surface area contributed by atoms with Gasteiger partial charge in [-0.2, -0.15) is 0 Å². The molecule has 0 aromatic heterocycles. The highest BCUT2D eigenvalue weighted by molar-refractivity contribution is 5.95. The first-order valence-electron chi connectivity index (χ1n) is 6.23. The predicted molar refractivity (Wildman–Crippen MR) is 72.5 cm³/mol. The number of amides is 2. The van der Waals surface area contributed by atoms with Crippen LogP contribution in [-0.2, 0) is 4.79 Å². The second kappa shape index (κ2) is 4.91. The number of carboxylic acids is 1. The van der Waals surface area contributed by atoms with E-state index in [-0.39, 0.29) is 18.5 Å². The summed E-state index contributed by atoms with van der Waals surface area (Å²) in [6.45, 7) is 4.43. The van der Waals surface area contributed by atoms with Gasteiger partial charge in [0.1, 0.15) is 0 Å². The molecule has 1 unspecified atom stereocenters. The summed E-state index contributed by atoms with van der Waals surface area (Å²) >= 11 is 0. The Hall–Kier alpha value is -2.04. The minimum absolute atomic E-state index is 0.0387. The molecular formula is C14H18N2O3. The van der Waals surface area contributed by atoms with Gasteiger partial charge in [0, 0.05) is 19.3 Å². The lowest BCUT2D eigenvalue weighted by atomic mass is 10.1. The van der Waals surface area contributed by atoms with Crippen molar-refractivity contribution in [1.29, 1.82) is 0 Å². The maximum atomic E-state index is 12.2. The minimum Gasteiger partial charge on any atom is -0.481 e. The highest BCUT2D eigenvalue weighted by Crippen LogP contribution is 2.27. The number of carbonyl (C=O) groups excluding carboxylic acids is 1. The van der Waals surface area contributed by atoms with Gasteiger partial charge in [-0.15, -0.1) is 0 Å². The monoisotopic (exact) mass is 262 g/mol. The summed E-state index contributed by atoms with van der Waals surface area (Å²) < 4.78 is 0. The highest BCUT2D eigenvalue weighted by atomic mass is 16.4. The fourth-order valence-corrected chi connectivity index (χ4v) is 2.37. The Bertz CT molecular complexity index is 527. The van der Waals surface area contributed by atoms with Gasteiger partial charge in [-0.1, -0.05) is 6.07 Å². The Morgan fingerprint density at radius 3 is 2.63 bits per heavy atom. The van der Waals surface area contributed by atoms with Crippen molar-refractivity contribution in [3.8, 4) is 0 Å². The van der Waals surface area contributed by atoms with Crippen LogP contribution in [0.4, 0.5) is 10.5 Å². The largest absolute Gasteiger partial charge is 0.481 e. The van der Waals surface area contributed by atoms with Crippen molar-refractivity contribution in [1.82, 2.24) is 4.90 Å². The van der Waals surface area contributed by atoms with E-state index in [2.05, 4.69) is 0 Å². The van der Waals surface area contributed by atoms with E-state index in [9.17, 15) is 9.59 Å². The molecule has 0 radical (unpaired) electrons. The predicted octanol–water partition coefficient (Wildman–Crippen LogP) is 2.02. The van der Waals surface area contributed by atoms with Crippen molar-refractivity contribution in [3.05, 3.63) is 29.3 Å². The molecule has 0 aliphatic carbocycles. The Morgan fingerprint density at radius 2 is 2.05 bits per heavy atom. The van der Waals surface area contributed by atoms with E-state index < -0.39 is 5.97 Å². The van der Waals surface area contributed by atoms with E-state index in [1.54, 1.807) is 16.8 Å².